The number of nitrogens with one attached hydrogen (secondary N) is 2. The van der Waals surface area contributed by atoms with Gasteiger partial charge in [0.15, 0.2) is 5.69 Å². The van der Waals surface area contributed by atoms with Crippen molar-refractivity contribution in [2.45, 2.75) is 32.4 Å². The second-order valence-corrected chi connectivity index (χ2v) is 5.53. The van der Waals surface area contributed by atoms with Crippen LogP contribution in [0.4, 0.5) is 0 Å². The molecule has 1 atom stereocenters. The van der Waals surface area contributed by atoms with Gasteiger partial charge in [-0.05, 0) is 38.4 Å². The van der Waals surface area contributed by atoms with Crippen molar-refractivity contribution in [3.8, 4) is 0 Å². The second kappa shape index (κ2) is 6.27. The number of aromatic nitrogens is 2. The normalized spacial score (nSPS) is 18.3. The Morgan fingerprint density at radius 3 is 3.00 bits per heavy atom. The SMILES string of the molecule is CCn1nc(C(=O)N[C@H]2CCCNC2)c(=O)c2ccccc21. The molecule has 1 fully saturated rings. The summed E-state index contributed by atoms with van der Waals surface area (Å²) in [7, 11) is 0. The minimum Gasteiger partial charge on any atom is -0.347 e. The van der Waals surface area contributed by atoms with E-state index in [4.69, 9.17) is 0 Å². The van der Waals surface area contributed by atoms with Crippen LogP contribution < -0.4 is 16.1 Å². The Hall–Kier alpha value is -2.21. The summed E-state index contributed by atoms with van der Waals surface area (Å²) in [5.74, 6) is -0.383. The number of piperidine rings is 1. The van der Waals surface area contributed by atoms with Gasteiger partial charge in [0.05, 0.1) is 5.52 Å². The molecule has 22 heavy (non-hydrogen) atoms. The first-order valence-electron chi connectivity index (χ1n) is 7.72. The Balaban J connectivity index is 1.97. The lowest BCUT2D eigenvalue weighted by Gasteiger charge is -2.23. The fourth-order valence-corrected chi connectivity index (χ4v) is 2.86. The molecule has 1 saturated heterocycles. The van der Waals surface area contributed by atoms with E-state index in [0.29, 0.717) is 11.9 Å². The summed E-state index contributed by atoms with van der Waals surface area (Å²) in [5.41, 5.74) is 0.429. The van der Waals surface area contributed by atoms with E-state index in [2.05, 4.69) is 15.7 Å². The molecule has 1 aromatic carbocycles. The van der Waals surface area contributed by atoms with Gasteiger partial charge in [-0.15, -0.1) is 0 Å². The van der Waals surface area contributed by atoms with E-state index >= 15 is 0 Å². The molecule has 0 bridgehead atoms. The number of hydrogen-bond donors (Lipinski definition) is 2. The van der Waals surface area contributed by atoms with Crippen LogP contribution in [0.1, 0.15) is 30.3 Å². The number of nitrogens with zero attached hydrogens (tertiary/aromatic N) is 2. The summed E-state index contributed by atoms with van der Waals surface area (Å²) in [4.78, 5) is 25.0. The highest BCUT2D eigenvalue weighted by Gasteiger charge is 2.21. The lowest BCUT2D eigenvalue weighted by molar-refractivity contribution is 0.0922. The smallest absolute Gasteiger partial charge is 0.276 e. The van der Waals surface area contributed by atoms with Crippen LogP contribution >= 0.6 is 0 Å². The highest BCUT2D eigenvalue weighted by Crippen LogP contribution is 2.10. The van der Waals surface area contributed by atoms with E-state index in [1.807, 2.05) is 19.1 Å². The maximum Gasteiger partial charge on any atom is 0.276 e. The first-order chi connectivity index (χ1) is 10.7. The van der Waals surface area contributed by atoms with Crippen LogP contribution in [0.25, 0.3) is 10.9 Å². The minimum atomic E-state index is -0.383. The molecule has 1 aliphatic heterocycles. The van der Waals surface area contributed by atoms with Gasteiger partial charge in [0.1, 0.15) is 0 Å². The summed E-state index contributed by atoms with van der Waals surface area (Å²) in [5, 5.41) is 10.9. The van der Waals surface area contributed by atoms with E-state index in [9.17, 15) is 9.59 Å². The monoisotopic (exact) mass is 300 g/mol. The number of hydrogen-bond acceptors (Lipinski definition) is 4. The topological polar surface area (TPSA) is 76.0 Å². The molecular weight excluding hydrogens is 280 g/mol. The number of rotatable bonds is 3. The van der Waals surface area contributed by atoms with Crippen molar-refractivity contribution in [1.29, 1.82) is 0 Å². The number of carbonyl (C=O) groups excluding carboxylic acids is 1. The fraction of sp³-hybridized carbons (Fsp3) is 0.438. The van der Waals surface area contributed by atoms with E-state index in [1.54, 1.807) is 16.8 Å². The standard InChI is InChI=1S/C16H20N4O2/c1-2-20-13-8-4-3-7-12(13)15(21)14(19-20)16(22)18-11-6-5-9-17-10-11/h3-4,7-8,11,17H,2,5-6,9-10H2,1H3,(H,18,22)/t11-/m0/s1. The summed E-state index contributed by atoms with van der Waals surface area (Å²) >= 11 is 0. The predicted molar refractivity (Wildman–Crippen MR) is 85.0 cm³/mol. The van der Waals surface area contributed by atoms with Crippen LogP contribution in [0.15, 0.2) is 29.1 Å². The molecule has 0 aliphatic carbocycles. The van der Waals surface area contributed by atoms with E-state index in [0.717, 1.165) is 31.4 Å². The third-order valence-corrected chi connectivity index (χ3v) is 4.01. The average molecular weight is 300 g/mol. The number of amides is 1. The highest BCUT2D eigenvalue weighted by molar-refractivity contribution is 5.95. The van der Waals surface area contributed by atoms with Crippen LogP contribution in [0.5, 0.6) is 0 Å². The number of aryl methyl sites for hydroxylation is 1. The van der Waals surface area contributed by atoms with Gasteiger partial charge in [0, 0.05) is 24.5 Å². The van der Waals surface area contributed by atoms with Crippen molar-refractivity contribution in [2.75, 3.05) is 13.1 Å². The summed E-state index contributed by atoms with van der Waals surface area (Å²) in [6.07, 6.45) is 1.95. The lowest BCUT2D eigenvalue weighted by atomic mass is 10.1. The summed E-state index contributed by atoms with van der Waals surface area (Å²) in [6.45, 7) is 4.26. The summed E-state index contributed by atoms with van der Waals surface area (Å²) < 4.78 is 1.70. The quantitative estimate of drug-likeness (QED) is 0.883. The Bertz CT molecular complexity index is 747. The van der Waals surface area contributed by atoms with E-state index in [-0.39, 0.29) is 23.1 Å². The van der Waals surface area contributed by atoms with Crippen LogP contribution in [-0.2, 0) is 6.54 Å². The first-order valence-corrected chi connectivity index (χ1v) is 7.72. The van der Waals surface area contributed by atoms with Crippen molar-refractivity contribution in [1.82, 2.24) is 20.4 Å². The predicted octanol–water partition coefficient (Wildman–Crippen LogP) is 0.898. The molecule has 6 heteroatoms. The zero-order valence-corrected chi connectivity index (χ0v) is 12.6. The molecule has 1 aliphatic rings. The fourth-order valence-electron chi connectivity index (χ4n) is 2.86. The minimum absolute atomic E-state index is 0.0221. The zero-order chi connectivity index (χ0) is 15.5. The Morgan fingerprint density at radius 1 is 1.45 bits per heavy atom. The Morgan fingerprint density at radius 2 is 2.27 bits per heavy atom. The molecule has 2 N–H and O–H groups in total. The number of benzene rings is 1. The maximum atomic E-state index is 12.5. The van der Waals surface area contributed by atoms with Gasteiger partial charge in [-0.3, -0.25) is 14.3 Å². The average Bonchev–Trinajstić information content (AvgIpc) is 2.56. The van der Waals surface area contributed by atoms with Crippen molar-refractivity contribution < 1.29 is 4.79 Å². The molecule has 2 aromatic rings. The highest BCUT2D eigenvalue weighted by atomic mass is 16.2. The van der Waals surface area contributed by atoms with Crippen molar-refractivity contribution in [2.24, 2.45) is 0 Å². The molecule has 0 spiro atoms. The van der Waals surface area contributed by atoms with E-state index in [1.165, 1.54) is 0 Å². The van der Waals surface area contributed by atoms with Gasteiger partial charge in [0.25, 0.3) is 5.91 Å². The Labute approximate surface area is 128 Å². The molecular formula is C16H20N4O2. The van der Waals surface area contributed by atoms with Gasteiger partial charge in [-0.25, -0.2) is 0 Å². The van der Waals surface area contributed by atoms with Gasteiger partial charge >= 0.3 is 0 Å². The van der Waals surface area contributed by atoms with Gasteiger partial charge < -0.3 is 10.6 Å². The van der Waals surface area contributed by atoms with E-state index < -0.39 is 0 Å². The molecule has 116 valence electrons. The van der Waals surface area contributed by atoms with Crippen molar-refractivity contribution in [3.63, 3.8) is 0 Å². The molecule has 6 nitrogen and oxygen atoms in total. The molecule has 0 unspecified atom stereocenters. The van der Waals surface area contributed by atoms with Gasteiger partial charge in [-0.1, -0.05) is 12.1 Å². The van der Waals surface area contributed by atoms with Crippen LogP contribution in [-0.4, -0.2) is 34.8 Å². The number of fused-ring (bicyclic) bond motifs is 1. The number of para-hydroxylation sites is 1. The lowest BCUT2D eigenvalue weighted by Crippen LogP contribution is -2.47. The molecule has 1 aromatic heterocycles. The second-order valence-electron chi connectivity index (χ2n) is 5.53. The van der Waals surface area contributed by atoms with Crippen molar-refractivity contribution in [3.05, 3.63) is 40.2 Å². The van der Waals surface area contributed by atoms with Crippen LogP contribution in [0, 0.1) is 0 Å². The molecule has 3 rings (SSSR count). The maximum absolute atomic E-state index is 12.5. The van der Waals surface area contributed by atoms with Crippen molar-refractivity contribution >= 4 is 16.8 Å². The largest absolute Gasteiger partial charge is 0.347 e. The zero-order valence-electron chi connectivity index (χ0n) is 12.6. The van der Waals surface area contributed by atoms with Gasteiger partial charge in [0.2, 0.25) is 5.43 Å². The first kappa shape index (κ1) is 14.7. The van der Waals surface area contributed by atoms with Gasteiger partial charge in [-0.2, -0.15) is 5.10 Å². The number of carbonyl (C=O) groups is 1. The summed E-state index contributed by atoms with van der Waals surface area (Å²) in [6, 6.07) is 7.31. The third-order valence-electron chi connectivity index (χ3n) is 4.01. The Kier molecular flexibility index (Phi) is 4.20. The molecule has 1 amide bonds. The molecule has 0 saturated carbocycles. The third kappa shape index (κ3) is 2.74. The van der Waals surface area contributed by atoms with Crippen LogP contribution in [0.2, 0.25) is 0 Å². The van der Waals surface area contributed by atoms with Crippen LogP contribution in [0.3, 0.4) is 0 Å². The molecule has 0 radical (unpaired) electrons. The molecule has 2 heterocycles.